The Morgan fingerprint density at radius 1 is 1.31 bits per heavy atom. The Balaban J connectivity index is 2.83. The molecule has 0 atom stereocenters. The minimum absolute atomic E-state index is 0.0443. The third-order valence-corrected chi connectivity index (χ3v) is 2.61. The van der Waals surface area contributed by atoms with Gasteiger partial charge in [0.15, 0.2) is 0 Å². The SMILES string of the molecule is COCOCc1cc(C(F)(F)F)ccc1Br. The summed E-state index contributed by atoms with van der Waals surface area (Å²) in [4.78, 5) is 0. The van der Waals surface area contributed by atoms with Gasteiger partial charge in [-0.25, -0.2) is 0 Å². The van der Waals surface area contributed by atoms with E-state index in [0.717, 1.165) is 12.1 Å². The topological polar surface area (TPSA) is 18.5 Å². The average Bonchev–Trinajstić information content (AvgIpc) is 2.19. The second kappa shape index (κ2) is 5.65. The maximum absolute atomic E-state index is 12.4. The monoisotopic (exact) mass is 298 g/mol. The zero-order valence-corrected chi connectivity index (χ0v) is 10.1. The quantitative estimate of drug-likeness (QED) is 0.625. The van der Waals surface area contributed by atoms with Crippen LogP contribution in [-0.2, 0) is 22.3 Å². The van der Waals surface area contributed by atoms with Gasteiger partial charge in [0.25, 0.3) is 0 Å². The van der Waals surface area contributed by atoms with Crippen molar-refractivity contribution in [2.45, 2.75) is 12.8 Å². The number of halogens is 4. The normalized spacial score (nSPS) is 11.8. The van der Waals surface area contributed by atoms with Gasteiger partial charge in [-0.05, 0) is 23.8 Å². The molecular formula is C10H10BrF3O2. The van der Waals surface area contributed by atoms with E-state index in [1.54, 1.807) is 0 Å². The summed E-state index contributed by atoms with van der Waals surface area (Å²) in [6.45, 7) is 0.112. The summed E-state index contributed by atoms with van der Waals surface area (Å²) in [6.07, 6.45) is -4.34. The van der Waals surface area contributed by atoms with Crippen LogP contribution < -0.4 is 0 Å². The van der Waals surface area contributed by atoms with Gasteiger partial charge in [-0.15, -0.1) is 0 Å². The van der Waals surface area contributed by atoms with Crippen molar-refractivity contribution in [1.82, 2.24) is 0 Å². The van der Waals surface area contributed by atoms with Gasteiger partial charge in [-0.3, -0.25) is 0 Å². The molecule has 0 bridgehead atoms. The molecule has 0 unspecified atom stereocenters. The lowest BCUT2D eigenvalue weighted by molar-refractivity contribution is -0.137. The van der Waals surface area contributed by atoms with E-state index in [-0.39, 0.29) is 13.4 Å². The molecule has 0 saturated carbocycles. The fourth-order valence-electron chi connectivity index (χ4n) is 1.10. The molecule has 1 aromatic rings. The zero-order chi connectivity index (χ0) is 12.2. The summed E-state index contributed by atoms with van der Waals surface area (Å²) in [5, 5.41) is 0. The Labute approximate surface area is 99.5 Å². The Kier molecular flexibility index (Phi) is 4.76. The molecule has 0 amide bonds. The molecule has 0 saturated heterocycles. The largest absolute Gasteiger partial charge is 0.416 e. The Morgan fingerprint density at radius 3 is 2.56 bits per heavy atom. The van der Waals surface area contributed by atoms with Crippen molar-refractivity contribution < 1.29 is 22.6 Å². The lowest BCUT2D eigenvalue weighted by atomic mass is 10.1. The van der Waals surface area contributed by atoms with Gasteiger partial charge in [-0.1, -0.05) is 15.9 Å². The van der Waals surface area contributed by atoms with Crippen LogP contribution in [0.5, 0.6) is 0 Å². The smallest absolute Gasteiger partial charge is 0.359 e. The molecule has 0 radical (unpaired) electrons. The molecule has 0 aliphatic carbocycles. The molecule has 90 valence electrons. The first-order chi connectivity index (χ1) is 7.45. The van der Waals surface area contributed by atoms with Crippen LogP contribution in [0.15, 0.2) is 22.7 Å². The highest BCUT2D eigenvalue weighted by molar-refractivity contribution is 9.10. The highest BCUT2D eigenvalue weighted by Gasteiger charge is 2.30. The van der Waals surface area contributed by atoms with Gasteiger partial charge in [0, 0.05) is 11.6 Å². The van der Waals surface area contributed by atoms with Crippen molar-refractivity contribution >= 4 is 15.9 Å². The fourth-order valence-corrected chi connectivity index (χ4v) is 1.46. The molecule has 1 rings (SSSR count). The van der Waals surface area contributed by atoms with Crippen LogP contribution in [0, 0.1) is 0 Å². The molecule has 1 aromatic carbocycles. The van der Waals surface area contributed by atoms with E-state index in [4.69, 9.17) is 4.74 Å². The Morgan fingerprint density at radius 2 is 2.00 bits per heavy atom. The van der Waals surface area contributed by atoms with Crippen LogP contribution >= 0.6 is 15.9 Å². The summed E-state index contributed by atoms with van der Waals surface area (Å²) in [6, 6.07) is 3.43. The van der Waals surface area contributed by atoms with Crippen molar-refractivity contribution in [2.75, 3.05) is 13.9 Å². The van der Waals surface area contributed by atoms with Gasteiger partial charge in [0.05, 0.1) is 12.2 Å². The average molecular weight is 299 g/mol. The number of methoxy groups -OCH3 is 1. The van der Waals surface area contributed by atoms with Crippen LogP contribution in [0.4, 0.5) is 13.2 Å². The van der Waals surface area contributed by atoms with E-state index < -0.39 is 11.7 Å². The molecule has 0 aliphatic heterocycles. The van der Waals surface area contributed by atoms with Gasteiger partial charge in [-0.2, -0.15) is 13.2 Å². The van der Waals surface area contributed by atoms with E-state index in [0.29, 0.717) is 10.0 Å². The molecule has 6 heteroatoms. The summed E-state index contributed by atoms with van der Waals surface area (Å²) in [7, 11) is 1.45. The Bertz CT molecular complexity index is 352. The van der Waals surface area contributed by atoms with Crippen LogP contribution in [0.25, 0.3) is 0 Å². The van der Waals surface area contributed by atoms with Crippen molar-refractivity contribution in [3.05, 3.63) is 33.8 Å². The van der Waals surface area contributed by atoms with Crippen LogP contribution in [0.2, 0.25) is 0 Å². The predicted molar refractivity (Wildman–Crippen MR) is 55.8 cm³/mol. The third kappa shape index (κ3) is 3.77. The number of hydrogen-bond acceptors (Lipinski definition) is 2. The highest BCUT2D eigenvalue weighted by Crippen LogP contribution is 2.32. The lowest BCUT2D eigenvalue weighted by Gasteiger charge is -2.10. The second-order valence-electron chi connectivity index (χ2n) is 3.06. The molecule has 0 spiro atoms. The standard InChI is InChI=1S/C10H10BrF3O2/c1-15-6-16-5-7-4-8(10(12,13)14)2-3-9(7)11/h2-4H,5-6H2,1H3. The Hall–Kier alpha value is -0.590. The number of rotatable bonds is 4. The first-order valence-electron chi connectivity index (χ1n) is 4.37. The summed E-state index contributed by atoms with van der Waals surface area (Å²) in [5.41, 5.74) is -0.251. The van der Waals surface area contributed by atoms with Gasteiger partial charge >= 0.3 is 6.18 Å². The first kappa shape index (κ1) is 13.5. The summed E-state index contributed by atoms with van der Waals surface area (Å²) in [5.74, 6) is 0. The minimum Gasteiger partial charge on any atom is -0.359 e. The fraction of sp³-hybridized carbons (Fsp3) is 0.400. The molecule has 2 nitrogen and oxygen atoms in total. The maximum Gasteiger partial charge on any atom is 0.416 e. The highest BCUT2D eigenvalue weighted by atomic mass is 79.9. The van der Waals surface area contributed by atoms with Gasteiger partial charge < -0.3 is 9.47 Å². The predicted octanol–water partition coefficient (Wildman–Crippen LogP) is 3.59. The van der Waals surface area contributed by atoms with E-state index in [9.17, 15) is 13.2 Å². The molecule has 0 fully saturated rings. The summed E-state index contributed by atoms with van der Waals surface area (Å²) >= 11 is 3.16. The van der Waals surface area contributed by atoms with Crippen molar-refractivity contribution in [1.29, 1.82) is 0 Å². The molecule has 0 N–H and O–H groups in total. The molecular weight excluding hydrogens is 289 g/mol. The maximum atomic E-state index is 12.4. The van der Waals surface area contributed by atoms with Gasteiger partial charge in [0.1, 0.15) is 6.79 Å². The van der Waals surface area contributed by atoms with Crippen molar-refractivity contribution in [3.8, 4) is 0 Å². The third-order valence-electron chi connectivity index (χ3n) is 1.83. The van der Waals surface area contributed by atoms with Crippen LogP contribution in [0.1, 0.15) is 11.1 Å². The first-order valence-corrected chi connectivity index (χ1v) is 5.16. The van der Waals surface area contributed by atoms with E-state index in [1.807, 2.05) is 0 Å². The minimum atomic E-state index is -4.34. The van der Waals surface area contributed by atoms with Crippen LogP contribution in [0.3, 0.4) is 0 Å². The number of benzene rings is 1. The van der Waals surface area contributed by atoms with E-state index in [2.05, 4.69) is 20.7 Å². The van der Waals surface area contributed by atoms with Crippen molar-refractivity contribution in [2.24, 2.45) is 0 Å². The molecule has 0 aromatic heterocycles. The lowest BCUT2D eigenvalue weighted by Crippen LogP contribution is -2.06. The zero-order valence-electron chi connectivity index (χ0n) is 8.47. The van der Waals surface area contributed by atoms with E-state index in [1.165, 1.54) is 13.2 Å². The molecule has 16 heavy (non-hydrogen) atoms. The number of hydrogen-bond donors (Lipinski definition) is 0. The van der Waals surface area contributed by atoms with Crippen LogP contribution in [-0.4, -0.2) is 13.9 Å². The second-order valence-corrected chi connectivity index (χ2v) is 3.91. The van der Waals surface area contributed by atoms with E-state index >= 15 is 0 Å². The summed E-state index contributed by atoms with van der Waals surface area (Å²) < 4.78 is 47.4. The molecule has 0 aliphatic rings. The van der Waals surface area contributed by atoms with Gasteiger partial charge in [0.2, 0.25) is 0 Å². The number of alkyl halides is 3. The van der Waals surface area contributed by atoms with Crippen molar-refractivity contribution in [3.63, 3.8) is 0 Å². The number of ether oxygens (including phenoxy) is 2. The molecule has 0 heterocycles.